The lowest BCUT2D eigenvalue weighted by atomic mass is 9.86. The van der Waals surface area contributed by atoms with Gasteiger partial charge in [-0.3, -0.25) is 14.5 Å². The number of nitriles is 1. The monoisotopic (exact) mass is 307 g/mol. The van der Waals surface area contributed by atoms with Crippen LogP contribution in [-0.2, 0) is 9.59 Å². The quantitative estimate of drug-likeness (QED) is 0.808. The van der Waals surface area contributed by atoms with Gasteiger partial charge in [-0.2, -0.15) is 18.4 Å². The van der Waals surface area contributed by atoms with Crippen LogP contribution in [0.3, 0.4) is 0 Å². The molecule has 1 fully saturated rings. The van der Waals surface area contributed by atoms with Crippen LogP contribution >= 0.6 is 0 Å². The van der Waals surface area contributed by atoms with Crippen molar-refractivity contribution < 1.29 is 27.9 Å². The van der Waals surface area contributed by atoms with Gasteiger partial charge in [0, 0.05) is 26.7 Å². The second-order valence-corrected chi connectivity index (χ2v) is 5.07. The van der Waals surface area contributed by atoms with E-state index in [-0.39, 0.29) is 26.1 Å². The van der Waals surface area contributed by atoms with Gasteiger partial charge in [-0.25, -0.2) is 0 Å². The van der Waals surface area contributed by atoms with E-state index in [0.29, 0.717) is 0 Å². The van der Waals surface area contributed by atoms with Crippen LogP contribution in [-0.4, -0.2) is 66.2 Å². The molecule has 1 unspecified atom stereocenters. The topological polar surface area (TPSA) is 84.6 Å². The Morgan fingerprint density at radius 3 is 2.52 bits per heavy atom. The van der Waals surface area contributed by atoms with Crippen LogP contribution in [0.25, 0.3) is 0 Å². The predicted molar refractivity (Wildman–Crippen MR) is 65.0 cm³/mol. The number of alkyl halides is 3. The van der Waals surface area contributed by atoms with E-state index in [9.17, 15) is 22.8 Å². The molecule has 1 heterocycles. The van der Waals surface area contributed by atoms with Gasteiger partial charge in [0.15, 0.2) is 5.41 Å². The summed E-state index contributed by atoms with van der Waals surface area (Å²) in [6, 6.07) is 1.86. The lowest BCUT2D eigenvalue weighted by Gasteiger charge is -2.27. The Morgan fingerprint density at radius 1 is 1.48 bits per heavy atom. The van der Waals surface area contributed by atoms with Crippen molar-refractivity contribution in [3.63, 3.8) is 0 Å². The molecule has 9 heteroatoms. The van der Waals surface area contributed by atoms with Crippen LogP contribution in [0.15, 0.2) is 0 Å². The van der Waals surface area contributed by atoms with Gasteiger partial charge in [0.1, 0.15) is 0 Å². The first-order valence-corrected chi connectivity index (χ1v) is 6.27. The number of aliphatic carboxylic acids is 1. The lowest BCUT2D eigenvalue weighted by molar-refractivity contribution is -0.227. The first kappa shape index (κ1) is 17.2. The molecular weight excluding hydrogens is 291 g/mol. The number of likely N-dealkylation sites (tertiary alicyclic amines) is 1. The smallest absolute Gasteiger partial charge is 0.406 e. The standard InChI is InChI=1S/C12H16F3N3O3/c1-17(5-2-4-16)9(19)7-18-6-3-11(8-18,10(20)21)12(13,14)15/h2-3,5-8H2,1H3,(H,20,21). The summed E-state index contributed by atoms with van der Waals surface area (Å²) in [5.41, 5.74) is -2.81. The summed E-state index contributed by atoms with van der Waals surface area (Å²) in [7, 11) is 1.45. The van der Waals surface area contributed by atoms with E-state index in [2.05, 4.69) is 0 Å². The van der Waals surface area contributed by atoms with Crippen LogP contribution in [0.2, 0.25) is 0 Å². The largest absolute Gasteiger partial charge is 0.481 e. The fourth-order valence-corrected chi connectivity index (χ4v) is 2.21. The van der Waals surface area contributed by atoms with Gasteiger partial charge in [0.05, 0.1) is 19.0 Å². The molecule has 0 saturated carbocycles. The molecule has 1 atom stereocenters. The van der Waals surface area contributed by atoms with E-state index < -0.39 is 36.4 Å². The van der Waals surface area contributed by atoms with Crippen LogP contribution in [0.1, 0.15) is 12.8 Å². The minimum atomic E-state index is -4.86. The number of halogens is 3. The maximum absolute atomic E-state index is 13.0. The van der Waals surface area contributed by atoms with Crippen molar-refractivity contribution in [1.29, 1.82) is 5.26 Å². The number of likely N-dealkylation sites (N-methyl/N-ethyl adjacent to an activating group) is 1. The number of carboxylic acid groups (broad SMARTS) is 1. The summed E-state index contributed by atoms with van der Waals surface area (Å²) >= 11 is 0. The third-order valence-electron chi connectivity index (χ3n) is 3.64. The van der Waals surface area contributed by atoms with Crippen molar-refractivity contribution >= 4 is 11.9 Å². The Labute approximate surface area is 119 Å². The van der Waals surface area contributed by atoms with Crippen LogP contribution in [0.5, 0.6) is 0 Å². The van der Waals surface area contributed by atoms with Gasteiger partial charge >= 0.3 is 12.1 Å². The number of carboxylic acids is 1. The normalized spacial score (nSPS) is 22.8. The van der Waals surface area contributed by atoms with Crippen molar-refractivity contribution in [3.8, 4) is 6.07 Å². The Hall–Kier alpha value is -1.82. The molecular formula is C12H16F3N3O3. The van der Waals surface area contributed by atoms with Crippen molar-refractivity contribution in [2.45, 2.75) is 19.0 Å². The van der Waals surface area contributed by atoms with Gasteiger partial charge < -0.3 is 10.0 Å². The molecule has 6 nitrogen and oxygen atoms in total. The van der Waals surface area contributed by atoms with E-state index in [4.69, 9.17) is 10.4 Å². The average Bonchev–Trinajstić information content (AvgIpc) is 2.80. The summed E-state index contributed by atoms with van der Waals surface area (Å²) in [4.78, 5) is 25.2. The SMILES string of the molecule is CN(CCC#N)C(=O)CN1CCC(C(=O)O)(C(F)(F)F)C1. The summed E-state index contributed by atoms with van der Waals surface area (Å²) in [5, 5.41) is 17.3. The lowest BCUT2D eigenvalue weighted by Crippen LogP contribution is -2.48. The zero-order valence-corrected chi connectivity index (χ0v) is 11.5. The summed E-state index contributed by atoms with van der Waals surface area (Å²) < 4.78 is 38.9. The maximum Gasteiger partial charge on any atom is 0.406 e. The molecule has 0 radical (unpaired) electrons. The average molecular weight is 307 g/mol. The van der Waals surface area contributed by atoms with Crippen LogP contribution in [0, 0.1) is 16.7 Å². The molecule has 0 aromatic rings. The third-order valence-corrected chi connectivity index (χ3v) is 3.64. The van der Waals surface area contributed by atoms with Gasteiger partial charge in [-0.05, 0) is 6.42 Å². The molecule has 1 amide bonds. The number of hydrogen-bond donors (Lipinski definition) is 1. The molecule has 1 rings (SSSR count). The highest BCUT2D eigenvalue weighted by Crippen LogP contribution is 2.45. The highest BCUT2D eigenvalue weighted by Gasteiger charge is 2.63. The van der Waals surface area contributed by atoms with Gasteiger partial charge in [0.25, 0.3) is 0 Å². The molecule has 0 aromatic heterocycles. The summed E-state index contributed by atoms with van der Waals surface area (Å²) in [5.74, 6) is -2.35. The van der Waals surface area contributed by atoms with Crippen LogP contribution in [0.4, 0.5) is 13.2 Å². The molecule has 1 aliphatic heterocycles. The number of nitrogens with zero attached hydrogens (tertiary/aromatic N) is 3. The molecule has 0 aromatic carbocycles. The fraction of sp³-hybridized carbons (Fsp3) is 0.750. The number of carbonyl (C=O) groups excluding carboxylic acids is 1. The highest BCUT2D eigenvalue weighted by molar-refractivity contribution is 5.79. The fourth-order valence-electron chi connectivity index (χ4n) is 2.21. The van der Waals surface area contributed by atoms with E-state index in [1.54, 1.807) is 0 Å². The highest BCUT2D eigenvalue weighted by atomic mass is 19.4. The first-order valence-electron chi connectivity index (χ1n) is 6.27. The Balaban J connectivity index is 2.68. The molecule has 0 spiro atoms. The number of rotatable bonds is 5. The Morgan fingerprint density at radius 2 is 2.10 bits per heavy atom. The van der Waals surface area contributed by atoms with E-state index in [1.807, 2.05) is 6.07 Å². The minimum Gasteiger partial charge on any atom is -0.481 e. The van der Waals surface area contributed by atoms with Crippen molar-refractivity contribution in [2.24, 2.45) is 5.41 Å². The van der Waals surface area contributed by atoms with Gasteiger partial charge in [0.2, 0.25) is 5.91 Å². The van der Waals surface area contributed by atoms with Gasteiger partial charge in [-0.1, -0.05) is 0 Å². The molecule has 21 heavy (non-hydrogen) atoms. The summed E-state index contributed by atoms with van der Waals surface area (Å²) in [6.45, 7) is -0.938. The van der Waals surface area contributed by atoms with Crippen LogP contribution < -0.4 is 0 Å². The second-order valence-electron chi connectivity index (χ2n) is 5.07. The van der Waals surface area contributed by atoms with Crippen molar-refractivity contribution in [3.05, 3.63) is 0 Å². The Kier molecular flexibility index (Phi) is 5.17. The van der Waals surface area contributed by atoms with E-state index in [1.165, 1.54) is 16.8 Å². The Bertz CT molecular complexity index is 461. The summed E-state index contributed by atoms with van der Waals surface area (Å²) in [6.07, 6.45) is -5.30. The number of hydrogen-bond acceptors (Lipinski definition) is 4. The second kappa shape index (κ2) is 6.30. The van der Waals surface area contributed by atoms with Crippen molar-refractivity contribution in [2.75, 3.05) is 33.2 Å². The van der Waals surface area contributed by atoms with Crippen molar-refractivity contribution in [1.82, 2.24) is 9.80 Å². The first-order chi connectivity index (χ1) is 9.64. The number of carbonyl (C=O) groups is 2. The molecule has 1 N–H and O–H groups in total. The molecule has 118 valence electrons. The number of amides is 1. The maximum atomic E-state index is 13.0. The molecule has 1 aliphatic rings. The molecule has 0 aliphatic carbocycles. The minimum absolute atomic E-state index is 0.107. The van der Waals surface area contributed by atoms with Gasteiger partial charge in [-0.15, -0.1) is 0 Å². The predicted octanol–water partition coefficient (Wildman–Crippen LogP) is 0.697. The zero-order chi connectivity index (χ0) is 16.3. The third kappa shape index (κ3) is 3.64. The van der Waals surface area contributed by atoms with E-state index >= 15 is 0 Å². The molecule has 1 saturated heterocycles. The molecule has 0 bridgehead atoms. The van der Waals surface area contributed by atoms with E-state index in [0.717, 1.165) is 0 Å². The zero-order valence-electron chi connectivity index (χ0n) is 11.5.